The molecule has 2 unspecified atom stereocenters. The monoisotopic (exact) mass is 264 g/mol. The number of pyridine rings is 1. The summed E-state index contributed by atoms with van der Waals surface area (Å²) in [7, 11) is 0. The van der Waals surface area contributed by atoms with E-state index in [-0.39, 0.29) is 0 Å². The highest BCUT2D eigenvalue weighted by Crippen LogP contribution is 2.34. The smallest absolute Gasteiger partial charge is 0.0410 e. The Labute approximate surface area is 97.9 Å². The van der Waals surface area contributed by atoms with E-state index in [1.54, 1.807) is 0 Å². The molecule has 0 amide bonds. The Morgan fingerprint density at radius 3 is 2.87 bits per heavy atom. The molecule has 4 rings (SSSR count). The Bertz CT molecular complexity index is 406. The molecule has 0 radical (unpaired) electrons. The summed E-state index contributed by atoms with van der Waals surface area (Å²) >= 11 is 3.47. The van der Waals surface area contributed by atoms with Gasteiger partial charge >= 0.3 is 0 Å². The summed E-state index contributed by atoms with van der Waals surface area (Å²) in [5.74, 6) is 0.726. The Balaban J connectivity index is 2.00. The van der Waals surface area contributed by atoms with E-state index in [1.807, 2.05) is 12.4 Å². The summed E-state index contributed by atoms with van der Waals surface area (Å²) in [6.07, 6.45) is 8.82. The third-order valence-corrected chi connectivity index (χ3v) is 3.72. The predicted octanol–water partition coefficient (Wildman–Crippen LogP) is 2.61. The van der Waals surface area contributed by atoms with Gasteiger partial charge in [-0.05, 0) is 51.9 Å². The summed E-state index contributed by atoms with van der Waals surface area (Å²) in [5, 5.41) is 3.58. The fraction of sp³-hybridized carbons (Fsp3) is 0.417. The lowest BCUT2D eigenvalue weighted by atomic mass is 9.80. The largest absolute Gasteiger partial charge is 0.309 e. The van der Waals surface area contributed by atoms with Gasteiger partial charge in [-0.2, -0.15) is 0 Å². The number of nitrogens with one attached hydrogen (secondary N) is 1. The van der Waals surface area contributed by atoms with Crippen molar-refractivity contribution >= 4 is 21.5 Å². The summed E-state index contributed by atoms with van der Waals surface area (Å²) < 4.78 is 1.06. The highest BCUT2D eigenvalue weighted by molar-refractivity contribution is 9.10. The van der Waals surface area contributed by atoms with Gasteiger partial charge < -0.3 is 5.32 Å². The van der Waals surface area contributed by atoms with Gasteiger partial charge in [0.1, 0.15) is 0 Å². The minimum Gasteiger partial charge on any atom is -0.309 e. The second-order valence-corrected chi connectivity index (χ2v) is 5.23. The average Bonchev–Trinajstić information content (AvgIpc) is 2.30. The number of fused-ring (bicyclic) bond motifs is 2. The molecule has 2 aliphatic heterocycles. The summed E-state index contributed by atoms with van der Waals surface area (Å²) in [5.41, 5.74) is 2.69. The zero-order valence-electron chi connectivity index (χ0n) is 8.41. The molecule has 0 aromatic carbocycles. The van der Waals surface area contributed by atoms with Gasteiger partial charge in [0.15, 0.2) is 0 Å². The number of hydrogen-bond acceptors (Lipinski definition) is 2. The zero-order chi connectivity index (χ0) is 10.3. The van der Waals surface area contributed by atoms with Crippen molar-refractivity contribution in [2.45, 2.75) is 18.9 Å². The highest BCUT2D eigenvalue weighted by Gasteiger charge is 2.28. The quantitative estimate of drug-likeness (QED) is 0.844. The molecule has 78 valence electrons. The van der Waals surface area contributed by atoms with Crippen LogP contribution in [0.1, 0.15) is 18.4 Å². The topological polar surface area (TPSA) is 24.9 Å². The number of halogens is 1. The molecule has 1 saturated heterocycles. The molecule has 1 fully saturated rings. The van der Waals surface area contributed by atoms with Crippen LogP contribution in [-0.4, -0.2) is 17.6 Å². The highest BCUT2D eigenvalue weighted by atomic mass is 79.9. The van der Waals surface area contributed by atoms with E-state index < -0.39 is 0 Å². The molecule has 2 nitrogen and oxygen atoms in total. The first-order chi connectivity index (χ1) is 7.33. The Kier molecular flexibility index (Phi) is 2.37. The van der Waals surface area contributed by atoms with Crippen LogP contribution in [0.25, 0.3) is 5.57 Å². The van der Waals surface area contributed by atoms with Gasteiger partial charge in [0.25, 0.3) is 0 Å². The maximum atomic E-state index is 4.23. The second kappa shape index (κ2) is 3.72. The molecule has 2 bridgehead atoms. The molecule has 1 aliphatic carbocycles. The van der Waals surface area contributed by atoms with E-state index in [2.05, 4.69) is 38.4 Å². The van der Waals surface area contributed by atoms with Gasteiger partial charge in [0.2, 0.25) is 0 Å². The van der Waals surface area contributed by atoms with Gasteiger partial charge in [-0.25, -0.2) is 0 Å². The summed E-state index contributed by atoms with van der Waals surface area (Å²) in [4.78, 5) is 4.23. The number of aromatic nitrogens is 1. The minimum absolute atomic E-state index is 0.547. The molecule has 2 atom stereocenters. The molecule has 0 spiro atoms. The van der Waals surface area contributed by atoms with Crippen molar-refractivity contribution in [1.29, 1.82) is 0 Å². The van der Waals surface area contributed by atoms with Gasteiger partial charge in [0.05, 0.1) is 0 Å². The lowest BCUT2D eigenvalue weighted by Gasteiger charge is -2.36. The molecule has 3 heteroatoms. The van der Waals surface area contributed by atoms with Crippen molar-refractivity contribution < 1.29 is 0 Å². The first-order valence-electron chi connectivity index (χ1n) is 5.39. The van der Waals surface area contributed by atoms with Crippen LogP contribution in [0.4, 0.5) is 0 Å². The molecule has 3 heterocycles. The van der Waals surface area contributed by atoms with Gasteiger partial charge in [-0.15, -0.1) is 0 Å². The van der Waals surface area contributed by atoms with Crippen molar-refractivity contribution in [2.75, 3.05) is 6.54 Å². The number of rotatable bonds is 1. The molecule has 1 aromatic heterocycles. The van der Waals surface area contributed by atoms with E-state index >= 15 is 0 Å². The van der Waals surface area contributed by atoms with E-state index in [0.29, 0.717) is 6.04 Å². The van der Waals surface area contributed by atoms with Crippen molar-refractivity contribution in [2.24, 2.45) is 5.92 Å². The number of nitrogens with zero attached hydrogens (tertiary/aromatic N) is 1. The molecule has 1 aromatic rings. The Morgan fingerprint density at radius 1 is 1.33 bits per heavy atom. The molecule has 1 N–H and O–H groups in total. The molecular weight excluding hydrogens is 252 g/mol. The average molecular weight is 265 g/mol. The van der Waals surface area contributed by atoms with E-state index in [4.69, 9.17) is 0 Å². The van der Waals surface area contributed by atoms with Gasteiger partial charge in [-0.1, -0.05) is 6.08 Å². The second-order valence-electron chi connectivity index (χ2n) is 4.31. The van der Waals surface area contributed by atoms with E-state index in [0.717, 1.165) is 16.9 Å². The van der Waals surface area contributed by atoms with E-state index in [1.165, 1.54) is 24.0 Å². The minimum atomic E-state index is 0.547. The maximum Gasteiger partial charge on any atom is 0.0410 e. The fourth-order valence-electron chi connectivity index (χ4n) is 2.52. The Morgan fingerprint density at radius 2 is 2.27 bits per heavy atom. The lowest BCUT2D eigenvalue weighted by molar-refractivity contribution is 0.373. The van der Waals surface area contributed by atoms with E-state index in [9.17, 15) is 0 Å². The number of piperidine rings is 1. The normalized spacial score (nSPS) is 29.0. The van der Waals surface area contributed by atoms with Crippen LogP contribution in [0.15, 0.2) is 29.0 Å². The van der Waals surface area contributed by atoms with Crippen molar-refractivity contribution in [3.05, 3.63) is 34.6 Å². The summed E-state index contributed by atoms with van der Waals surface area (Å²) in [6, 6.07) is 2.70. The van der Waals surface area contributed by atoms with Crippen molar-refractivity contribution in [1.82, 2.24) is 10.3 Å². The van der Waals surface area contributed by atoms with Crippen LogP contribution in [0.2, 0.25) is 0 Å². The fourth-order valence-corrected chi connectivity index (χ4v) is 2.89. The van der Waals surface area contributed by atoms with Crippen molar-refractivity contribution in [3.63, 3.8) is 0 Å². The summed E-state index contributed by atoms with van der Waals surface area (Å²) in [6.45, 7) is 1.15. The van der Waals surface area contributed by atoms with Crippen molar-refractivity contribution in [3.8, 4) is 0 Å². The SMILES string of the molecule is Brc1cncc(C2=CC3CCC2NC3)c1. The maximum absolute atomic E-state index is 4.23. The van der Waals surface area contributed by atoms with Gasteiger partial charge in [-0.3, -0.25) is 4.98 Å². The molecule has 3 aliphatic rings. The van der Waals surface area contributed by atoms with Crippen LogP contribution >= 0.6 is 15.9 Å². The molecule has 0 saturated carbocycles. The van der Waals surface area contributed by atoms with Crippen LogP contribution in [0, 0.1) is 5.92 Å². The number of hydrogen-bond donors (Lipinski definition) is 1. The third kappa shape index (κ3) is 1.74. The van der Waals surface area contributed by atoms with Crippen LogP contribution in [-0.2, 0) is 0 Å². The predicted molar refractivity (Wildman–Crippen MR) is 64.4 cm³/mol. The standard InChI is InChI=1S/C12H13BrN2/c13-10-4-9(6-14-7-10)11-3-8-1-2-12(11)15-5-8/h3-4,6-8,12,15H,1-2,5H2. The Hall–Kier alpha value is -0.670. The first-order valence-corrected chi connectivity index (χ1v) is 6.18. The first kappa shape index (κ1) is 9.55. The molecule has 15 heavy (non-hydrogen) atoms. The van der Waals surface area contributed by atoms with Crippen LogP contribution < -0.4 is 5.32 Å². The third-order valence-electron chi connectivity index (χ3n) is 3.28. The van der Waals surface area contributed by atoms with Gasteiger partial charge in [0, 0.05) is 29.5 Å². The lowest BCUT2D eigenvalue weighted by Crippen LogP contribution is -2.43. The zero-order valence-corrected chi connectivity index (χ0v) is 10.00. The van der Waals surface area contributed by atoms with Crippen LogP contribution in [0.5, 0.6) is 0 Å². The van der Waals surface area contributed by atoms with Crippen LogP contribution in [0.3, 0.4) is 0 Å². The molecular formula is C12H13BrN2.